The summed E-state index contributed by atoms with van der Waals surface area (Å²) < 4.78 is 5.20. The molecule has 0 aliphatic heterocycles. The van der Waals surface area contributed by atoms with E-state index >= 15 is 0 Å². The van der Waals surface area contributed by atoms with Crippen molar-refractivity contribution >= 4 is 34.8 Å². The van der Waals surface area contributed by atoms with Gasteiger partial charge in [-0.3, -0.25) is 0 Å². The van der Waals surface area contributed by atoms with Crippen molar-refractivity contribution in [1.29, 1.82) is 0 Å². The summed E-state index contributed by atoms with van der Waals surface area (Å²) >= 11 is 17.5. The minimum absolute atomic E-state index is 0.221. The van der Waals surface area contributed by atoms with Crippen molar-refractivity contribution in [3.8, 4) is 0 Å². The van der Waals surface area contributed by atoms with Crippen molar-refractivity contribution in [3.05, 3.63) is 56.9 Å². The summed E-state index contributed by atoms with van der Waals surface area (Å²) in [4.78, 5) is 0. The van der Waals surface area contributed by atoms with Crippen molar-refractivity contribution < 1.29 is 9.52 Å². The molecule has 6 heteroatoms. The molecule has 0 aliphatic carbocycles. The fraction of sp³-hybridized carbons (Fsp3) is 0.231. The quantitative estimate of drug-likeness (QED) is 0.894. The molecule has 2 unspecified atom stereocenters. The standard InChI is InChI=1S/C13H12Cl3NO2/c14-9-2-1-7(5-10(9)15)8(6-17)13(18)11-3-4-12(16)19-11/h1-5,8,13,18H,6,17H2. The Hall–Kier alpha value is -0.710. The van der Waals surface area contributed by atoms with Gasteiger partial charge in [0.05, 0.1) is 10.0 Å². The Morgan fingerprint density at radius 3 is 2.37 bits per heavy atom. The van der Waals surface area contributed by atoms with Crippen LogP contribution in [0, 0.1) is 0 Å². The Morgan fingerprint density at radius 2 is 1.84 bits per heavy atom. The van der Waals surface area contributed by atoms with E-state index in [0.29, 0.717) is 15.8 Å². The molecule has 1 heterocycles. The van der Waals surface area contributed by atoms with E-state index in [2.05, 4.69) is 0 Å². The number of hydrogen-bond donors (Lipinski definition) is 2. The largest absolute Gasteiger partial charge is 0.447 e. The van der Waals surface area contributed by atoms with Gasteiger partial charge in [-0.15, -0.1) is 0 Å². The highest BCUT2D eigenvalue weighted by Crippen LogP contribution is 2.34. The molecule has 1 aromatic carbocycles. The minimum atomic E-state index is -0.894. The number of aliphatic hydroxyl groups excluding tert-OH is 1. The Labute approximate surface area is 125 Å². The third-order valence-electron chi connectivity index (χ3n) is 2.89. The Morgan fingerprint density at radius 1 is 1.11 bits per heavy atom. The van der Waals surface area contributed by atoms with E-state index in [1.807, 2.05) is 0 Å². The first kappa shape index (κ1) is 14.7. The maximum atomic E-state index is 10.3. The van der Waals surface area contributed by atoms with Crippen molar-refractivity contribution in [1.82, 2.24) is 0 Å². The van der Waals surface area contributed by atoms with Gasteiger partial charge in [-0.2, -0.15) is 0 Å². The summed E-state index contributed by atoms with van der Waals surface area (Å²) in [6.45, 7) is 0.234. The van der Waals surface area contributed by atoms with E-state index in [-0.39, 0.29) is 17.7 Å². The first-order valence-corrected chi connectivity index (χ1v) is 6.74. The lowest BCUT2D eigenvalue weighted by Gasteiger charge is -2.20. The molecule has 2 rings (SSSR count). The lowest BCUT2D eigenvalue weighted by molar-refractivity contribution is 0.122. The second-order valence-corrected chi connectivity index (χ2v) is 5.29. The molecular formula is C13H12Cl3NO2. The summed E-state index contributed by atoms with van der Waals surface area (Å²) in [7, 11) is 0. The number of rotatable bonds is 4. The monoisotopic (exact) mass is 319 g/mol. The third-order valence-corrected chi connectivity index (χ3v) is 3.83. The molecule has 3 N–H and O–H groups in total. The van der Waals surface area contributed by atoms with E-state index in [0.717, 1.165) is 5.56 Å². The summed E-state index contributed by atoms with van der Waals surface area (Å²) in [5.41, 5.74) is 6.52. The average Bonchev–Trinajstić information content (AvgIpc) is 2.81. The SMILES string of the molecule is NCC(c1ccc(Cl)c(Cl)c1)C(O)c1ccc(Cl)o1. The second kappa shape index (κ2) is 6.16. The van der Waals surface area contributed by atoms with Gasteiger partial charge in [-0.25, -0.2) is 0 Å². The van der Waals surface area contributed by atoms with Gasteiger partial charge < -0.3 is 15.3 Å². The van der Waals surface area contributed by atoms with Gasteiger partial charge in [-0.1, -0.05) is 29.3 Å². The number of nitrogens with two attached hydrogens (primary N) is 1. The average molecular weight is 321 g/mol. The van der Waals surface area contributed by atoms with Gasteiger partial charge in [0.15, 0.2) is 5.22 Å². The molecule has 0 saturated heterocycles. The van der Waals surface area contributed by atoms with Gasteiger partial charge in [0, 0.05) is 12.5 Å². The van der Waals surface area contributed by atoms with Crippen LogP contribution < -0.4 is 5.73 Å². The highest BCUT2D eigenvalue weighted by Gasteiger charge is 2.24. The molecule has 0 fully saturated rings. The number of halogens is 3. The second-order valence-electron chi connectivity index (χ2n) is 4.10. The van der Waals surface area contributed by atoms with Crippen molar-refractivity contribution in [3.63, 3.8) is 0 Å². The van der Waals surface area contributed by atoms with Gasteiger partial charge >= 0.3 is 0 Å². The van der Waals surface area contributed by atoms with Crippen LogP contribution in [0.5, 0.6) is 0 Å². The van der Waals surface area contributed by atoms with E-state index in [1.165, 1.54) is 0 Å². The predicted octanol–water partition coefficient (Wildman–Crippen LogP) is 4.02. The molecule has 0 amide bonds. The lowest BCUT2D eigenvalue weighted by atomic mass is 9.92. The summed E-state index contributed by atoms with van der Waals surface area (Å²) in [5.74, 6) is 0.0171. The molecule has 102 valence electrons. The Balaban J connectivity index is 2.30. The molecule has 2 atom stereocenters. The van der Waals surface area contributed by atoms with Crippen LogP contribution in [0.4, 0.5) is 0 Å². The molecule has 1 aromatic heterocycles. The fourth-order valence-electron chi connectivity index (χ4n) is 1.88. The van der Waals surface area contributed by atoms with E-state index in [9.17, 15) is 5.11 Å². The number of benzene rings is 1. The van der Waals surface area contributed by atoms with E-state index in [4.69, 9.17) is 45.0 Å². The van der Waals surface area contributed by atoms with Crippen LogP contribution in [-0.4, -0.2) is 11.7 Å². The molecule has 0 bridgehead atoms. The van der Waals surface area contributed by atoms with Crippen LogP contribution in [0.3, 0.4) is 0 Å². The van der Waals surface area contributed by atoms with Crippen molar-refractivity contribution in [2.45, 2.75) is 12.0 Å². The minimum Gasteiger partial charge on any atom is -0.447 e. The van der Waals surface area contributed by atoms with E-state index in [1.54, 1.807) is 30.3 Å². The van der Waals surface area contributed by atoms with Gasteiger partial charge in [0.25, 0.3) is 0 Å². The zero-order chi connectivity index (χ0) is 14.0. The summed E-state index contributed by atoms with van der Waals surface area (Å²) in [5, 5.41) is 11.4. The normalized spacial score (nSPS) is 14.4. The highest BCUT2D eigenvalue weighted by atomic mass is 35.5. The van der Waals surface area contributed by atoms with Crippen LogP contribution in [0.1, 0.15) is 23.3 Å². The zero-order valence-corrected chi connectivity index (χ0v) is 12.1. The number of aliphatic hydroxyl groups is 1. The third kappa shape index (κ3) is 3.25. The number of furan rings is 1. The molecule has 19 heavy (non-hydrogen) atoms. The van der Waals surface area contributed by atoms with Crippen LogP contribution in [-0.2, 0) is 0 Å². The molecular weight excluding hydrogens is 309 g/mol. The van der Waals surface area contributed by atoms with Crippen LogP contribution in [0.25, 0.3) is 0 Å². The number of hydrogen-bond acceptors (Lipinski definition) is 3. The fourth-order valence-corrected chi connectivity index (χ4v) is 2.33. The van der Waals surface area contributed by atoms with Crippen LogP contribution in [0.2, 0.25) is 15.3 Å². The summed E-state index contributed by atoms with van der Waals surface area (Å²) in [6.07, 6.45) is -0.894. The molecule has 0 spiro atoms. The smallest absolute Gasteiger partial charge is 0.193 e. The molecule has 0 radical (unpaired) electrons. The van der Waals surface area contributed by atoms with Crippen molar-refractivity contribution in [2.24, 2.45) is 5.73 Å². The maximum Gasteiger partial charge on any atom is 0.193 e. The van der Waals surface area contributed by atoms with Gasteiger partial charge in [-0.05, 0) is 41.4 Å². The van der Waals surface area contributed by atoms with Crippen LogP contribution in [0.15, 0.2) is 34.7 Å². The van der Waals surface area contributed by atoms with E-state index < -0.39 is 6.10 Å². The Bertz CT molecular complexity index is 571. The van der Waals surface area contributed by atoms with Gasteiger partial charge in [0.2, 0.25) is 0 Å². The summed E-state index contributed by atoms with van der Waals surface area (Å²) in [6, 6.07) is 8.33. The Kier molecular flexibility index (Phi) is 4.76. The topological polar surface area (TPSA) is 59.4 Å². The lowest BCUT2D eigenvalue weighted by Crippen LogP contribution is -2.19. The predicted molar refractivity (Wildman–Crippen MR) is 76.9 cm³/mol. The highest BCUT2D eigenvalue weighted by molar-refractivity contribution is 6.42. The maximum absolute atomic E-state index is 10.3. The van der Waals surface area contributed by atoms with Crippen LogP contribution >= 0.6 is 34.8 Å². The molecule has 0 aliphatic rings. The first-order valence-electron chi connectivity index (χ1n) is 5.61. The molecule has 2 aromatic rings. The molecule has 3 nitrogen and oxygen atoms in total. The van der Waals surface area contributed by atoms with Crippen molar-refractivity contribution in [2.75, 3.05) is 6.54 Å². The van der Waals surface area contributed by atoms with Gasteiger partial charge in [0.1, 0.15) is 11.9 Å². The molecule has 0 saturated carbocycles. The zero-order valence-electron chi connectivity index (χ0n) is 9.82. The first-order chi connectivity index (χ1) is 9.02.